The van der Waals surface area contributed by atoms with E-state index in [0.717, 1.165) is 5.56 Å². The van der Waals surface area contributed by atoms with Gasteiger partial charge >= 0.3 is 0 Å². The molecule has 2 atom stereocenters. The van der Waals surface area contributed by atoms with Gasteiger partial charge in [-0.2, -0.15) is 5.26 Å². The number of nitriles is 1. The SMILES string of the molecule is C[C@@H](NC(=O)CCC(=O)N[C@@H](CCCCC#N)C(N)=O)c1ccccc1. The van der Waals surface area contributed by atoms with Gasteiger partial charge in [-0.05, 0) is 31.7 Å². The second-order valence-corrected chi connectivity index (χ2v) is 6.13. The molecule has 0 fully saturated rings. The first-order valence-electron chi connectivity index (χ1n) is 8.74. The third kappa shape index (κ3) is 8.29. The van der Waals surface area contributed by atoms with E-state index in [1.165, 1.54) is 0 Å². The second-order valence-electron chi connectivity index (χ2n) is 6.13. The molecule has 0 unspecified atom stereocenters. The molecule has 0 aliphatic rings. The highest BCUT2D eigenvalue weighted by atomic mass is 16.2. The van der Waals surface area contributed by atoms with Crippen molar-refractivity contribution in [2.75, 3.05) is 0 Å². The molecule has 0 spiro atoms. The van der Waals surface area contributed by atoms with Crippen LogP contribution in [0.5, 0.6) is 0 Å². The first kappa shape index (κ1) is 21.2. The standard InChI is InChI=1S/C19H26N4O3/c1-14(15-8-4-2-5-9-15)22-17(24)11-12-18(25)23-16(19(21)26)10-6-3-7-13-20/h2,4-5,8-9,14,16H,3,6-7,10-12H2,1H3,(H2,21,26)(H,22,24)(H,23,25)/t14-,16+/m1/s1. The molecule has 140 valence electrons. The monoisotopic (exact) mass is 358 g/mol. The maximum atomic E-state index is 12.0. The number of carbonyl (C=O) groups excluding carboxylic acids is 3. The zero-order valence-electron chi connectivity index (χ0n) is 15.0. The van der Waals surface area contributed by atoms with Gasteiger partial charge in [0.1, 0.15) is 6.04 Å². The van der Waals surface area contributed by atoms with Crippen molar-refractivity contribution in [1.82, 2.24) is 10.6 Å². The number of carbonyl (C=O) groups is 3. The number of rotatable bonds is 11. The lowest BCUT2D eigenvalue weighted by Crippen LogP contribution is -2.44. The van der Waals surface area contributed by atoms with E-state index in [4.69, 9.17) is 11.0 Å². The summed E-state index contributed by atoms with van der Waals surface area (Å²) in [5.41, 5.74) is 6.27. The normalized spacial score (nSPS) is 12.5. The van der Waals surface area contributed by atoms with Crippen LogP contribution in [0.3, 0.4) is 0 Å². The quantitative estimate of drug-likeness (QED) is 0.521. The molecular weight excluding hydrogens is 332 g/mol. The Balaban J connectivity index is 2.35. The Morgan fingerprint density at radius 2 is 1.69 bits per heavy atom. The Morgan fingerprint density at radius 3 is 2.27 bits per heavy atom. The Labute approximate surface area is 153 Å². The van der Waals surface area contributed by atoms with E-state index in [0.29, 0.717) is 25.7 Å². The maximum Gasteiger partial charge on any atom is 0.239 e. The number of hydrogen-bond donors (Lipinski definition) is 3. The van der Waals surface area contributed by atoms with Crippen LogP contribution < -0.4 is 16.4 Å². The smallest absolute Gasteiger partial charge is 0.239 e. The van der Waals surface area contributed by atoms with Gasteiger partial charge < -0.3 is 16.4 Å². The van der Waals surface area contributed by atoms with Gasteiger partial charge in [0.15, 0.2) is 0 Å². The van der Waals surface area contributed by atoms with Gasteiger partial charge in [-0.25, -0.2) is 0 Å². The number of nitrogens with two attached hydrogens (primary N) is 1. The Morgan fingerprint density at radius 1 is 1.08 bits per heavy atom. The van der Waals surface area contributed by atoms with Crippen molar-refractivity contribution in [3.05, 3.63) is 35.9 Å². The predicted molar refractivity (Wildman–Crippen MR) is 97.4 cm³/mol. The van der Waals surface area contributed by atoms with Crippen LogP contribution >= 0.6 is 0 Å². The van der Waals surface area contributed by atoms with Crippen LogP contribution in [0, 0.1) is 11.3 Å². The number of nitrogens with zero attached hydrogens (tertiary/aromatic N) is 1. The van der Waals surface area contributed by atoms with Gasteiger partial charge in [-0.1, -0.05) is 30.3 Å². The van der Waals surface area contributed by atoms with Crippen LogP contribution in [0.25, 0.3) is 0 Å². The Kier molecular flexibility index (Phi) is 9.47. The number of unbranched alkanes of at least 4 members (excludes halogenated alkanes) is 2. The largest absolute Gasteiger partial charge is 0.368 e. The van der Waals surface area contributed by atoms with Gasteiger partial charge in [-0.15, -0.1) is 0 Å². The highest BCUT2D eigenvalue weighted by molar-refractivity contribution is 5.88. The lowest BCUT2D eigenvalue weighted by atomic mass is 10.1. The van der Waals surface area contributed by atoms with Crippen molar-refractivity contribution in [3.63, 3.8) is 0 Å². The van der Waals surface area contributed by atoms with E-state index in [2.05, 4.69) is 10.6 Å². The van der Waals surface area contributed by atoms with Crippen molar-refractivity contribution >= 4 is 17.7 Å². The van der Waals surface area contributed by atoms with Crippen LogP contribution in [0.15, 0.2) is 30.3 Å². The average Bonchev–Trinajstić information content (AvgIpc) is 2.63. The lowest BCUT2D eigenvalue weighted by molar-refractivity contribution is -0.129. The first-order chi connectivity index (χ1) is 12.4. The third-order valence-corrected chi connectivity index (χ3v) is 3.97. The Hall–Kier alpha value is -2.88. The molecular formula is C19H26N4O3. The van der Waals surface area contributed by atoms with Crippen molar-refractivity contribution in [3.8, 4) is 6.07 Å². The molecule has 3 amide bonds. The van der Waals surface area contributed by atoms with Crippen molar-refractivity contribution in [2.24, 2.45) is 5.73 Å². The van der Waals surface area contributed by atoms with Crippen molar-refractivity contribution in [1.29, 1.82) is 5.26 Å². The fourth-order valence-corrected chi connectivity index (χ4v) is 2.47. The summed E-state index contributed by atoms with van der Waals surface area (Å²) >= 11 is 0. The van der Waals surface area contributed by atoms with Gasteiger partial charge in [-0.3, -0.25) is 14.4 Å². The topological polar surface area (TPSA) is 125 Å². The number of amides is 3. The van der Waals surface area contributed by atoms with Gasteiger partial charge in [0, 0.05) is 19.3 Å². The molecule has 0 aliphatic heterocycles. The fraction of sp³-hybridized carbons (Fsp3) is 0.474. The third-order valence-electron chi connectivity index (χ3n) is 3.97. The number of nitrogens with one attached hydrogen (secondary N) is 2. The molecule has 0 saturated heterocycles. The van der Waals surface area contributed by atoms with Gasteiger partial charge in [0.05, 0.1) is 12.1 Å². The summed E-state index contributed by atoms with van der Waals surface area (Å²) in [7, 11) is 0. The molecule has 0 bridgehead atoms. The predicted octanol–water partition coefficient (Wildman–Crippen LogP) is 1.70. The summed E-state index contributed by atoms with van der Waals surface area (Å²) in [6.45, 7) is 1.87. The maximum absolute atomic E-state index is 12.0. The number of benzene rings is 1. The van der Waals surface area contributed by atoms with E-state index in [1.54, 1.807) is 0 Å². The van der Waals surface area contributed by atoms with E-state index >= 15 is 0 Å². The zero-order valence-corrected chi connectivity index (χ0v) is 15.0. The molecule has 0 aliphatic carbocycles. The highest BCUT2D eigenvalue weighted by Gasteiger charge is 2.18. The van der Waals surface area contributed by atoms with E-state index < -0.39 is 17.9 Å². The first-order valence-corrected chi connectivity index (χ1v) is 8.74. The molecule has 7 nitrogen and oxygen atoms in total. The molecule has 1 aromatic carbocycles. The second kappa shape index (κ2) is 11.6. The van der Waals surface area contributed by atoms with Crippen molar-refractivity contribution in [2.45, 2.75) is 57.5 Å². The van der Waals surface area contributed by atoms with Crippen molar-refractivity contribution < 1.29 is 14.4 Å². The molecule has 0 saturated carbocycles. The molecule has 0 aromatic heterocycles. The summed E-state index contributed by atoms with van der Waals surface area (Å²) in [6.07, 6.45) is 2.07. The molecule has 1 aromatic rings. The molecule has 4 N–H and O–H groups in total. The van der Waals surface area contributed by atoms with Gasteiger partial charge in [0.25, 0.3) is 0 Å². The highest BCUT2D eigenvalue weighted by Crippen LogP contribution is 2.11. The van der Waals surface area contributed by atoms with Crippen LogP contribution in [0.1, 0.15) is 57.1 Å². The number of primary amides is 1. The van der Waals surface area contributed by atoms with E-state index in [-0.39, 0.29) is 24.8 Å². The molecule has 0 radical (unpaired) electrons. The van der Waals surface area contributed by atoms with Crippen LogP contribution in [0.2, 0.25) is 0 Å². The molecule has 0 heterocycles. The van der Waals surface area contributed by atoms with Crippen LogP contribution in [-0.2, 0) is 14.4 Å². The fourth-order valence-electron chi connectivity index (χ4n) is 2.47. The summed E-state index contributed by atoms with van der Waals surface area (Å²) < 4.78 is 0. The Bertz CT molecular complexity index is 640. The van der Waals surface area contributed by atoms with Crippen LogP contribution in [0.4, 0.5) is 0 Å². The summed E-state index contributed by atoms with van der Waals surface area (Å²) in [5.74, 6) is -1.24. The van der Waals surface area contributed by atoms with E-state index in [9.17, 15) is 14.4 Å². The summed E-state index contributed by atoms with van der Waals surface area (Å²) in [5, 5.41) is 13.9. The number of hydrogen-bond acceptors (Lipinski definition) is 4. The zero-order chi connectivity index (χ0) is 19.4. The molecule has 1 rings (SSSR count). The van der Waals surface area contributed by atoms with Crippen LogP contribution in [-0.4, -0.2) is 23.8 Å². The van der Waals surface area contributed by atoms with Gasteiger partial charge in [0.2, 0.25) is 17.7 Å². The summed E-state index contributed by atoms with van der Waals surface area (Å²) in [6, 6.07) is 10.6. The minimum absolute atomic E-state index is 0.0185. The minimum Gasteiger partial charge on any atom is -0.368 e. The molecule has 7 heteroatoms. The average molecular weight is 358 g/mol. The van der Waals surface area contributed by atoms with E-state index in [1.807, 2.05) is 43.3 Å². The minimum atomic E-state index is -0.771. The summed E-state index contributed by atoms with van der Waals surface area (Å²) in [4.78, 5) is 35.3. The molecule has 26 heavy (non-hydrogen) atoms. The lowest BCUT2D eigenvalue weighted by Gasteiger charge is -2.16.